The summed E-state index contributed by atoms with van der Waals surface area (Å²) in [6, 6.07) is 0.662. The van der Waals surface area contributed by atoms with Gasteiger partial charge in [0, 0.05) is 24.7 Å². The summed E-state index contributed by atoms with van der Waals surface area (Å²) >= 11 is 0. The highest BCUT2D eigenvalue weighted by Crippen LogP contribution is 2.19. The van der Waals surface area contributed by atoms with Gasteiger partial charge in [-0.25, -0.2) is 0 Å². The minimum atomic E-state index is 0.0240. The van der Waals surface area contributed by atoms with Crippen molar-refractivity contribution in [3.8, 4) is 0 Å². The first kappa shape index (κ1) is 15.9. The van der Waals surface area contributed by atoms with Crippen LogP contribution in [-0.4, -0.2) is 48.3 Å². The smallest absolute Gasteiger partial charge is 0.0753 e. The van der Waals surface area contributed by atoms with Crippen molar-refractivity contribution in [1.29, 1.82) is 0 Å². The van der Waals surface area contributed by atoms with E-state index in [2.05, 4.69) is 51.8 Å². The Balaban J connectivity index is 2.22. The molecule has 1 N–H and O–H groups in total. The molecular formula is C15H32N2O. The van der Waals surface area contributed by atoms with Crippen molar-refractivity contribution in [3.63, 3.8) is 0 Å². The van der Waals surface area contributed by atoms with Gasteiger partial charge in [-0.3, -0.25) is 4.90 Å². The summed E-state index contributed by atoms with van der Waals surface area (Å²) in [5, 5.41) is 3.55. The van der Waals surface area contributed by atoms with Gasteiger partial charge in [-0.15, -0.1) is 0 Å². The van der Waals surface area contributed by atoms with E-state index in [4.69, 9.17) is 4.74 Å². The van der Waals surface area contributed by atoms with E-state index in [1.54, 1.807) is 0 Å². The molecule has 18 heavy (non-hydrogen) atoms. The summed E-state index contributed by atoms with van der Waals surface area (Å²) in [6.45, 7) is 17.5. The lowest BCUT2D eigenvalue weighted by Crippen LogP contribution is -2.51. The first-order chi connectivity index (χ1) is 8.20. The molecule has 1 aliphatic rings. The molecule has 0 bridgehead atoms. The molecule has 0 aromatic carbocycles. The fourth-order valence-corrected chi connectivity index (χ4v) is 2.47. The Hall–Kier alpha value is -0.120. The lowest BCUT2D eigenvalue weighted by atomic mass is 10.0. The fraction of sp³-hybridized carbons (Fsp3) is 1.00. The quantitative estimate of drug-likeness (QED) is 0.765. The average molecular weight is 256 g/mol. The van der Waals surface area contributed by atoms with Crippen LogP contribution in [0.25, 0.3) is 0 Å². The molecule has 1 fully saturated rings. The number of hydrogen-bond acceptors (Lipinski definition) is 3. The highest BCUT2D eigenvalue weighted by molar-refractivity contribution is 4.82. The largest absolute Gasteiger partial charge is 0.373 e. The van der Waals surface area contributed by atoms with Gasteiger partial charge in [0.1, 0.15) is 0 Å². The molecule has 0 aliphatic carbocycles. The van der Waals surface area contributed by atoms with Gasteiger partial charge in [0.15, 0.2) is 0 Å². The van der Waals surface area contributed by atoms with E-state index in [0.29, 0.717) is 6.04 Å². The molecule has 0 amide bonds. The zero-order chi connectivity index (χ0) is 13.8. The normalized spacial score (nSPS) is 23.0. The van der Waals surface area contributed by atoms with Crippen molar-refractivity contribution < 1.29 is 4.74 Å². The Labute approximate surface area is 113 Å². The van der Waals surface area contributed by atoms with Gasteiger partial charge in [0.25, 0.3) is 0 Å². The molecule has 0 radical (unpaired) electrons. The standard InChI is InChI=1S/C15H32N2O/c1-13(8-7-9-16-14(2,3)4)17-10-11-18-15(5,6)12-17/h13,16H,7-12H2,1-6H3. The number of morpholine rings is 1. The van der Waals surface area contributed by atoms with Crippen LogP contribution in [0.4, 0.5) is 0 Å². The lowest BCUT2D eigenvalue weighted by molar-refractivity contribution is -0.0960. The van der Waals surface area contributed by atoms with Gasteiger partial charge in [0.05, 0.1) is 12.2 Å². The second-order valence-corrected chi connectivity index (χ2v) is 7.25. The molecule has 3 nitrogen and oxygen atoms in total. The topological polar surface area (TPSA) is 24.5 Å². The summed E-state index contributed by atoms with van der Waals surface area (Å²) in [7, 11) is 0. The van der Waals surface area contributed by atoms with Crippen molar-refractivity contribution in [2.24, 2.45) is 0 Å². The molecule has 3 heteroatoms. The van der Waals surface area contributed by atoms with Crippen molar-refractivity contribution >= 4 is 0 Å². The van der Waals surface area contributed by atoms with Crippen molar-refractivity contribution in [1.82, 2.24) is 10.2 Å². The SMILES string of the molecule is CC(CCCNC(C)(C)C)N1CCOC(C)(C)C1. The highest BCUT2D eigenvalue weighted by Gasteiger charge is 2.29. The summed E-state index contributed by atoms with van der Waals surface area (Å²) < 4.78 is 5.76. The fourth-order valence-electron chi connectivity index (χ4n) is 2.47. The molecule has 1 saturated heterocycles. The first-order valence-electron chi connectivity index (χ1n) is 7.33. The molecule has 0 aromatic heterocycles. The Morgan fingerprint density at radius 3 is 2.56 bits per heavy atom. The summed E-state index contributed by atoms with van der Waals surface area (Å²) in [5.41, 5.74) is 0.264. The molecule has 0 spiro atoms. The zero-order valence-electron chi connectivity index (χ0n) is 13.2. The van der Waals surface area contributed by atoms with Crippen LogP contribution in [-0.2, 0) is 4.74 Å². The van der Waals surface area contributed by atoms with Crippen LogP contribution in [0.5, 0.6) is 0 Å². The van der Waals surface area contributed by atoms with Crippen molar-refractivity contribution in [3.05, 3.63) is 0 Å². The first-order valence-corrected chi connectivity index (χ1v) is 7.33. The third kappa shape index (κ3) is 6.17. The van der Waals surface area contributed by atoms with Gasteiger partial charge in [-0.05, 0) is 60.9 Å². The molecular weight excluding hydrogens is 224 g/mol. The van der Waals surface area contributed by atoms with E-state index in [9.17, 15) is 0 Å². The molecule has 1 unspecified atom stereocenters. The van der Waals surface area contributed by atoms with Gasteiger partial charge in [-0.1, -0.05) is 0 Å². The number of nitrogens with one attached hydrogen (secondary N) is 1. The Morgan fingerprint density at radius 1 is 1.33 bits per heavy atom. The van der Waals surface area contributed by atoms with Crippen molar-refractivity contribution in [2.75, 3.05) is 26.2 Å². The average Bonchev–Trinajstić information content (AvgIpc) is 2.21. The van der Waals surface area contributed by atoms with E-state index in [-0.39, 0.29) is 11.1 Å². The van der Waals surface area contributed by atoms with Crippen LogP contribution in [0.1, 0.15) is 54.4 Å². The van der Waals surface area contributed by atoms with Crippen LogP contribution >= 0.6 is 0 Å². The maximum atomic E-state index is 5.76. The van der Waals surface area contributed by atoms with E-state index in [0.717, 1.165) is 26.2 Å². The van der Waals surface area contributed by atoms with E-state index >= 15 is 0 Å². The predicted octanol–water partition coefficient (Wildman–Crippen LogP) is 2.65. The summed E-state index contributed by atoms with van der Waals surface area (Å²) in [5.74, 6) is 0. The maximum absolute atomic E-state index is 5.76. The van der Waals surface area contributed by atoms with Crippen LogP contribution in [0.2, 0.25) is 0 Å². The van der Waals surface area contributed by atoms with Gasteiger partial charge < -0.3 is 10.1 Å². The number of nitrogens with zero attached hydrogens (tertiary/aromatic N) is 1. The van der Waals surface area contributed by atoms with Gasteiger partial charge >= 0.3 is 0 Å². The molecule has 1 atom stereocenters. The summed E-state index contributed by atoms with van der Waals surface area (Å²) in [6.07, 6.45) is 2.51. The minimum Gasteiger partial charge on any atom is -0.373 e. The number of ether oxygens (including phenoxy) is 1. The monoisotopic (exact) mass is 256 g/mol. The number of rotatable bonds is 5. The van der Waals surface area contributed by atoms with E-state index in [1.807, 2.05) is 0 Å². The molecule has 0 aromatic rings. The Kier molecular flexibility index (Phi) is 5.63. The molecule has 108 valence electrons. The number of hydrogen-bond donors (Lipinski definition) is 1. The third-order valence-corrected chi connectivity index (χ3v) is 3.53. The van der Waals surface area contributed by atoms with E-state index < -0.39 is 0 Å². The second kappa shape index (κ2) is 6.36. The zero-order valence-corrected chi connectivity index (χ0v) is 13.2. The maximum Gasteiger partial charge on any atom is 0.0753 e. The Bertz CT molecular complexity index is 245. The second-order valence-electron chi connectivity index (χ2n) is 7.25. The van der Waals surface area contributed by atoms with Gasteiger partial charge in [0.2, 0.25) is 0 Å². The lowest BCUT2D eigenvalue weighted by Gasteiger charge is -2.41. The molecule has 0 saturated carbocycles. The molecule has 1 aliphatic heterocycles. The third-order valence-electron chi connectivity index (χ3n) is 3.53. The van der Waals surface area contributed by atoms with Crippen LogP contribution in [0.3, 0.4) is 0 Å². The Morgan fingerprint density at radius 2 is 2.00 bits per heavy atom. The summed E-state index contributed by atoms with van der Waals surface area (Å²) in [4.78, 5) is 2.57. The van der Waals surface area contributed by atoms with E-state index in [1.165, 1.54) is 12.8 Å². The minimum absolute atomic E-state index is 0.0240. The van der Waals surface area contributed by atoms with Crippen LogP contribution < -0.4 is 5.32 Å². The van der Waals surface area contributed by atoms with Crippen molar-refractivity contribution in [2.45, 2.75) is 71.6 Å². The van der Waals surface area contributed by atoms with Gasteiger partial charge in [-0.2, -0.15) is 0 Å². The van der Waals surface area contributed by atoms with Crippen LogP contribution in [0.15, 0.2) is 0 Å². The predicted molar refractivity (Wildman–Crippen MR) is 78.1 cm³/mol. The molecule has 1 rings (SSSR count). The highest BCUT2D eigenvalue weighted by atomic mass is 16.5. The molecule has 1 heterocycles. The van der Waals surface area contributed by atoms with Crippen LogP contribution in [0, 0.1) is 0 Å².